The van der Waals surface area contributed by atoms with E-state index in [1.807, 2.05) is 6.20 Å². The van der Waals surface area contributed by atoms with Gasteiger partial charge in [0, 0.05) is 23.9 Å². The van der Waals surface area contributed by atoms with E-state index in [2.05, 4.69) is 55.0 Å². The highest BCUT2D eigenvalue weighted by Gasteiger charge is 2.13. The van der Waals surface area contributed by atoms with Crippen LogP contribution in [0.25, 0.3) is 11.4 Å². The molecule has 1 heterocycles. The summed E-state index contributed by atoms with van der Waals surface area (Å²) in [5, 5.41) is 0. The van der Waals surface area contributed by atoms with Gasteiger partial charge in [-0.3, -0.25) is 0 Å². The molecule has 0 atom stereocenters. The van der Waals surface area contributed by atoms with Gasteiger partial charge >= 0.3 is 0 Å². The topological polar surface area (TPSA) is 54.7 Å². The predicted octanol–water partition coefficient (Wildman–Crippen LogP) is 2.88. The molecule has 0 aliphatic rings. The number of aromatic nitrogens is 2. The minimum absolute atomic E-state index is 0.187. The van der Waals surface area contributed by atoms with Crippen molar-refractivity contribution in [3.05, 3.63) is 41.7 Å². The lowest BCUT2D eigenvalue weighted by Gasteiger charge is -2.18. The summed E-state index contributed by atoms with van der Waals surface area (Å²) >= 11 is 0. The number of rotatable bonds is 3. The van der Waals surface area contributed by atoms with E-state index >= 15 is 0 Å². The van der Waals surface area contributed by atoms with E-state index in [1.165, 1.54) is 5.56 Å². The first-order chi connectivity index (χ1) is 8.50. The third-order valence-electron chi connectivity index (χ3n) is 3.07. The number of nitrogens with one attached hydrogen (secondary N) is 1. The maximum absolute atomic E-state index is 5.53. The van der Waals surface area contributed by atoms with E-state index in [1.54, 1.807) is 0 Å². The molecule has 0 aliphatic heterocycles. The van der Waals surface area contributed by atoms with Gasteiger partial charge in [0.25, 0.3) is 0 Å². The molecule has 3 heteroatoms. The van der Waals surface area contributed by atoms with Crippen molar-refractivity contribution in [2.24, 2.45) is 5.73 Å². The van der Waals surface area contributed by atoms with Crippen molar-refractivity contribution in [1.82, 2.24) is 9.97 Å². The molecule has 2 aromatic rings. The monoisotopic (exact) mass is 243 g/mol. The first-order valence-electron chi connectivity index (χ1n) is 6.35. The molecule has 96 valence electrons. The Balaban J connectivity index is 2.23. The van der Waals surface area contributed by atoms with E-state index in [9.17, 15) is 0 Å². The first kappa shape index (κ1) is 12.8. The Bertz CT molecular complexity index is 503. The second-order valence-electron chi connectivity index (χ2n) is 5.62. The lowest BCUT2D eigenvalue weighted by molar-refractivity contribution is 0.590. The number of nitrogens with two attached hydrogens (primary N) is 1. The van der Waals surface area contributed by atoms with Gasteiger partial charge in [-0.15, -0.1) is 0 Å². The van der Waals surface area contributed by atoms with Gasteiger partial charge in [0.2, 0.25) is 0 Å². The number of hydrogen-bond acceptors (Lipinski definition) is 2. The third-order valence-corrected chi connectivity index (χ3v) is 3.07. The van der Waals surface area contributed by atoms with Gasteiger partial charge in [-0.25, -0.2) is 4.98 Å². The standard InChI is InChI=1S/C15H21N3/c1-15(2,3)12-6-4-11(5-7-12)14-17-10-13(18-14)8-9-16/h4-7,10H,8-9,16H2,1-3H3,(H,17,18). The van der Waals surface area contributed by atoms with Crippen LogP contribution in [0.1, 0.15) is 32.0 Å². The summed E-state index contributed by atoms with van der Waals surface area (Å²) in [6.07, 6.45) is 2.70. The Kier molecular flexibility index (Phi) is 3.53. The van der Waals surface area contributed by atoms with Crippen molar-refractivity contribution in [2.75, 3.05) is 6.54 Å². The van der Waals surface area contributed by atoms with Crippen molar-refractivity contribution < 1.29 is 0 Å². The van der Waals surface area contributed by atoms with Crippen LogP contribution in [0.2, 0.25) is 0 Å². The van der Waals surface area contributed by atoms with Crippen LogP contribution in [0, 0.1) is 0 Å². The maximum atomic E-state index is 5.53. The van der Waals surface area contributed by atoms with E-state index in [4.69, 9.17) is 5.73 Å². The lowest BCUT2D eigenvalue weighted by atomic mass is 9.87. The molecule has 0 aliphatic carbocycles. The predicted molar refractivity (Wildman–Crippen MR) is 75.5 cm³/mol. The van der Waals surface area contributed by atoms with Crippen LogP contribution < -0.4 is 5.73 Å². The second kappa shape index (κ2) is 4.94. The summed E-state index contributed by atoms with van der Waals surface area (Å²) in [5.74, 6) is 0.916. The van der Waals surface area contributed by atoms with Crippen LogP contribution >= 0.6 is 0 Å². The fourth-order valence-electron chi connectivity index (χ4n) is 1.92. The van der Waals surface area contributed by atoms with Crippen molar-refractivity contribution >= 4 is 0 Å². The molecule has 0 spiro atoms. The zero-order valence-corrected chi connectivity index (χ0v) is 11.3. The summed E-state index contributed by atoms with van der Waals surface area (Å²) in [7, 11) is 0. The van der Waals surface area contributed by atoms with Crippen LogP contribution in [0.3, 0.4) is 0 Å². The normalized spacial score (nSPS) is 11.8. The Hall–Kier alpha value is -1.61. The number of benzene rings is 1. The molecule has 0 saturated heterocycles. The molecule has 2 rings (SSSR count). The molecule has 0 unspecified atom stereocenters. The molecule has 3 nitrogen and oxygen atoms in total. The highest BCUT2D eigenvalue weighted by atomic mass is 14.9. The van der Waals surface area contributed by atoms with Gasteiger partial charge in [-0.2, -0.15) is 0 Å². The summed E-state index contributed by atoms with van der Waals surface area (Å²) < 4.78 is 0. The molecule has 1 aromatic heterocycles. The van der Waals surface area contributed by atoms with Gasteiger partial charge in [0.1, 0.15) is 5.82 Å². The second-order valence-corrected chi connectivity index (χ2v) is 5.62. The van der Waals surface area contributed by atoms with Gasteiger partial charge in [-0.1, -0.05) is 45.0 Å². The lowest BCUT2D eigenvalue weighted by Crippen LogP contribution is -2.10. The number of H-pyrrole nitrogens is 1. The van der Waals surface area contributed by atoms with Gasteiger partial charge in [-0.05, 0) is 17.5 Å². The largest absolute Gasteiger partial charge is 0.342 e. The van der Waals surface area contributed by atoms with Crippen molar-refractivity contribution in [3.63, 3.8) is 0 Å². The number of nitrogens with zero attached hydrogens (tertiary/aromatic N) is 1. The van der Waals surface area contributed by atoms with Gasteiger partial charge in [0.15, 0.2) is 0 Å². The summed E-state index contributed by atoms with van der Waals surface area (Å²) in [6, 6.07) is 8.57. The first-order valence-corrected chi connectivity index (χ1v) is 6.35. The SMILES string of the molecule is CC(C)(C)c1ccc(-c2ncc(CCN)[nH]2)cc1. The van der Waals surface area contributed by atoms with Crippen molar-refractivity contribution in [3.8, 4) is 11.4 Å². The van der Waals surface area contributed by atoms with Crippen LogP contribution in [0.4, 0.5) is 0 Å². The van der Waals surface area contributed by atoms with Crippen LogP contribution in [-0.2, 0) is 11.8 Å². The van der Waals surface area contributed by atoms with Crippen LogP contribution in [0.15, 0.2) is 30.5 Å². The number of aromatic amines is 1. The van der Waals surface area contributed by atoms with Gasteiger partial charge < -0.3 is 10.7 Å². The van der Waals surface area contributed by atoms with E-state index in [0.717, 1.165) is 23.5 Å². The molecule has 0 fully saturated rings. The molecule has 0 radical (unpaired) electrons. The van der Waals surface area contributed by atoms with E-state index < -0.39 is 0 Å². The van der Waals surface area contributed by atoms with Crippen molar-refractivity contribution in [1.29, 1.82) is 0 Å². The average molecular weight is 243 g/mol. The molecule has 3 N–H and O–H groups in total. The number of imidazole rings is 1. The smallest absolute Gasteiger partial charge is 0.137 e. The minimum atomic E-state index is 0.187. The highest BCUT2D eigenvalue weighted by molar-refractivity contribution is 5.56. The summed E-state index contributed by atoms with van der Waals surface area (Å²) in [4.78, 5) is 7.68. The third kappa shape index (κ3) is 2.79. The molecular weight excluding hydrogens is 222 g/mol. The molecule has 0 saturated carbocycles. The van der Waals surface area contributed by atoms with Crippen LogP contribution in [0.5, 0.6) is 0 Å². The fourth-order valence-corrected chi connectivity index (χ4v) is 1.92. The minimum Gasteiger partial charge on any atom is -0.342 e. The Labute approximate surface area is 108 Å². The molecule has 1 aromatic carbocycles. The fraction of sp³-hybridized carbons (Fsp3) is 0.400. The quantitative estimate of drug-likeness (QED) is 0.871. The summed E-state index contributed by atoms with van der Waals surface area (Å²) in [5.41, 5.74) is 9.26. The molecule has 0 bridgehead atoms. The van der Waals surface area contributed by atoms with E-state index in [0.29, 0.717) is 6.54 Å². The summed E-state index contributed by atoms with van der Waals surface area (Å²) in [6.45, 7) is 7.29. The van der Waals surface area contributed by atoms with Crippen LogP contribution in [-0.4, -0.2) is 16.5 Å². The zero-order chi connectivity index (χ0) is 13.2. The van der Waals surface area contributed by atoms with Gasteiger partial charge in [0.05, 0.1) is 0 Å². The zero-order valence-electron chi connectivity index (χ0n) is 11.3. The number of hydrogen-bond donors (Lipinski definition) is 2. The van der Waals surface area contributed by atoms with Crippen molar-refractivity contribution in [2.45, 2.75) is 32.6 Å². The Morgan fingerprint density at radius 1 is 1.17 bits per heavy atom. The molecule has 0 amide bonds. The molecule has 18 heavy (non-hydrogen) atoms. The highest BCUT2D eigenvalue weighted by Crippen LogP contribution is 2.24. The molecular formula is C15H21N3. The Morgan fingerprint density at radius 3 is 2.39 bits per heavy atom. The maximum Gasteiger partial charge on any atom is 0.137 e. The van der Waals surface area contributed by atoms with E-state index in [-0.39, 0.29) is 5.41 Å². The average Bonchev–Trinajstić information content (AvgIpc) is 2.77. The Morgan fingerprint density at radius 2 is 1.83 bits per heavy atom.